The number of carbonyl (C=O) groups excluding carboxylic acids is 1. The molecule has 0 atom stereocenters. The number of allylic oxidation sites excluding steroid dienone is 2. The summed E-state index contributed by atoms with van der Waals surface area (Å²) >= 11 is 0. The first-order valence-electron chi connectivity index (χ1n) is 4.49. The van der Waals surface area contributed by atoms with Gasteiger partial charge in [-0.25, -0.2) is 0 Å². The molecule has 0 aliphatic carbocycles. The van der Waals surface area contributed by atoms with E-state index in [0.717, 1.165) is 0 Å². The molecule has 0 saturated carbocycles. The summed E-state index contributed by atoms with van der Waals surface area (Å²) in [5, 5.41) is 11.4. The van der Waals surface area contributed by atoms with Crippen LogP contribution in [0.4, 0.5) is 0 Å². The summed E-state index contributed by atoms with van der Waals surface area (Å²) in [4.78, 5) is 11.4. The third-order valence-corrected chi connectivity index (χ3v) is 1.74. The third-order valence-electron chi connectivity index (χ3n) is 1.74. The molecular weight excluding hydrogens is 171 g/mol. The van der Waals surface area contributed by atoms with Gasteiger partial charge in [0, 0.05) is 5.41 Å². The Kier molecular flexibility index (Phi) is 5.86. The molecular formula is C11H19LiO2. The molecule has 0 bridgehead atoms. The molecule has 0 aromatic rings. The van der Waals surface area contributed by atoms with Gasteiger partial charge in [0.05, 0.1) is 0 Å². The summed E-state index contributed by atoms with van der Waals surface area (Å²) in [6, 6.07) is 0. The van der Waals surface area contributed by atoms with Crippen molar-refractivity contribution in [3.8, 4) is 0 Å². The second-order valence-electron chi connectivity index (χ2n) is 5.37. The Labute approximate surface area is 99.0 Å². The summed E-state index contributed by atoms with van der Waals surface area (Å²) in [6.07, 6.45) is 1.22. The maximum Gasteiger partial charge on any atom is 1.00 e. The molecule has 3 heteroatoms. The monoisotopic (exact) mass is 190 g/mol. The van der Waals surface area contributed by atoms with Crippen molar-refractivity contribution in [2.75, 3.05) is 0 Å². The van der Waals surface area contributed by atoms with Gasteiger partial charge in [0.25, 0.3) is 0 Å². The molecule has 0 rings (SSSR count). The van der Waals surface area contributed by atoms with Crippen molar-refractivity contribution in [2.45, 2.75) is 41.5 Å². The maximum absolute atomic E-state index is 11.4. The molecule has 0 aromatic carbocycles. The minimum Gasteiger partial charge on any atom is -0.875 e. The Morgan fingerprint density at radius 3 is 1.57 bits per heavy atom. The zero-order chi connectivity index (χ0) is 10.9. The van der Waals surface area contributed by atoms with Gasteiger partial charge < -0.3 is 5.11 Å². The second kappa shape index (κ2) is 5.05. The first-order valence-corrected chi connectivity index (χ1v) is 4.49. The van der Waals surface area contributed by atoms with Crippen molar-refractivity contribution < 1.29 is 28.8 Å². The Morgan fingerprint density at radius 2 is 1.36 bits per heavy atom. The van der Waals surface area contributed by atoms with Crippen LogP contribution in [0.1, 0.15) is 41.5 Å². The average molecular weight is 190 g/mol. The maximum atomic E-state index is 11.4. The second-order valence-corrected chi connectivity index (χ2v) is 5.37. The molecule has 0 heterocycles. The summed E-state index contributed by atoms with van der Waals surface area (Å²) in [5.74, 6) is -0.208. The van der Waals surface area contributed by atoms with Gasteiger partial charge in [-0.1, -0.05) is 41.5 Å². The Bertz CT molecular complexity index is 229. The molecule has 14 heavy (non-hydrogen) atoms. The third kappa shape index (κ3) is 5.52. The fourth-order valence-electron chi connectivity index (χ4n) is 0.552. The fourth-order valence-corrected chi connectivity index (χ4v) is 0.552. The van der Waals surface area contributed by atoms with Crippen LogP contribution in [-0.2, 0) is 4.79 Å². The minimum atomic E-state index is -0.457. The van der Waals surface area contributed by atoms with Crippen LogP contribution in [0, 0.1) is 10.8 Å². The molecule has 0 spiro atoms. The molecule has 0 fully saturated rings. The van der Waals surface area contributed by atoms with E-state index >= 15 is 0 Å². The molecule has 76 valence electrons. The molecule has 0 aliphatic rings. The Morgan fingerprint density at radius 1 is 1.00 bits per heavy atom. The van der Waals surface area contributed by atoms with Gasteiger partial charge in [0.2, 0.25) is 0 Å². The predicted molar refractivity (Wildman–Crippen MR) is 52.0 cm³/mol. The standard InChI is InChI=1S/C11H20O2.Li/c1-10(2,3)8(12)7-9(13)11(4,5)6;/h7,12H,1-6H3;/q;+1/p-1/b8-7-;. The molecule has 0 saturated heterocycles. The van der Waals surface area contributed by atoms with Gasteiger partial charge in [-0.15, -0.1) is 5.76 Å². The summed E-state index contributed by atoms with van der Waals surface area (Å²) in [6.45, 7) is 10.8. The van der Waals surface area contributed by atoms with E-state index in [2.05, 4.69) is 0 Å². The molecule has 0 unspecified atom stereocenters. The summed E-state index contributed by atoms with van der Waals surface area (Å²) in [5.41, 5.74) is -0.915. The number of rotatable bonds is 1. The topological polar surface area (TPSA) is 40.1 Å². The van der Waals surface area contributed by atoms with E-state index in [1.807, 2.05) is 41.5 Å². The number of hydrogen-bond acceptors (Lipinski definition) is 2. The van der Waals surface area contributed by atoms with Crippen molar-refractivity contribution in [1.29, 1.82) is 0 Å². The molecule has 0 N–H and O–H groups in total. The van der Waals surface area contributed by atoms with Crippen molar-refractivity contribution in [1.82, 2.24) is 0 Å². The van der Waals surface area contributed by atoms with Crippen LogP contribution in [0.2, 0.25) is 0 Å². The van der Waals surface area contributed by atoms with Crippen LogP contribution in [0.5, 0.6) is 0 Å². The zero-order valence-corrected chi connectivity index (χ0v) is 10.4. The van der Waals surface area contributed by atoms with E-state index < -0.39 is 10.8 Å². The molecule has 2 nitrogen and oxygen atoms in total. The molecule has 0 amide bonds. The van der Waals surface area contributed by atoms with Crippen molar-refractivity contribution in [3.63, 3.8) is 0 Å². The van der Waals surface area contributed by atoms with E-state index in [9.17, 15) is 9.90 Å². The first kappa shape index (κ1) is 16.2. The van der Waals surface area contributed by atoms with Gasteiger partial charge in [-0.2, -0.15) is 0 Å². The van der Waals surface area contributed by atoms with Gasteiger partial charge in [-0.3, -0.25) is 4.79 Å². The largest absolute Gasteiger partial charge is 1.00 e. The quantitative estimate of drug-likeness (QED) is 0.299. The van der Waals surface area contributed by atoms with Gasteiger partial charge >= 0.3 is 18.9 Å². The van der Waals surface area contributed by atoms with Gasteiger partial charge in [0.1, 0.15) is 0 Å². The number of carbonyl (C=O) groups is 1. The number of ketones is 1. The smallest absolute Gasteiger partial charge is 0.875 e. The summed E-state index contributed by atoms with van der Waals surface area (Å²) in [7, 11) is 0. The molecule has 0 aromatic heterocycles. The van der Waals surface area contributed by atoms with Crippen LogP contribution >= 0.6 is 0 Å². The van der Waals surface area contributed by atoms with E-state index in [1.54, 1.807) is 0 Å². The fraction of sp³-hybridized carbons (Fsp3) is 0.727. The van der Waals surface area contributed by atoms with E-state index in [0.29, 0.717) is 0 Å². The van der Waals surface area contributed by atoms with E-state index in [4.69, 9.17) is 0 Å². The number of hydrogen-bond donors (Lipinski definition) is 0. The van der Waals surface area contributed by atoms with Crippen LogP contribution in [0.25, 0.3) is 0 Å². The SMILES string of the molecule is CC(C)(C)C(=O)/C=C(\[O-])C(C)(C)C.[Li+]. The van der Waals surface area contributed by atoms with Crippen LogP contribution in [-0.4, -0.2) is 5.78 Å². The summed E-state index contributed by atoms with van der Waals surface area (Å²) < 4.78 is 0. The molecule has 0 aliphatic heterocycles. The normalized spacial score (nSPS) is 13.4. The van der Waals surface area contributed by atoms with Crippen molar-refractivity contribution in [3.05, 3.63) is 11.8 Å². The van der Waals surface area contributed by atoms with Crippen LogP contribution in [0.15, 0.2) is 11.8 Å². The average Bonchev–Trinajstić information content (AvgIpc) is 1.82. The minimum absolute atomic E-state index is 0. The van der Waals surface area contributed by atoms with E-state index in [-0.39, 0.29) is 30.4 Å². The molecule has 0 radical (unpaired) electrons. The van der Waals surface area contributed by atoms with E-state index in [1.165, 1.54) is 6.08 Å². The van der Waals surface area contributed by atoms with Crippen LogP contribution in [0.3, 0.4) is 0 Å². The van der Waals surface area contributed by atoms with Gasteiger partial charge in [0.15, 0.2) is 5.78 Å². The van der Waals surface area contributed by atoms with Crippen molar-refractivity contribution in [2.24, 2.45) is 10.8 Å². The van der Waals surface area contributed by atoms with Crippen LogP contribution < -0.4 is 24.0 Å². The Hall–Kier alpha value is -0.193. The first-order chi connectivity index (χ1) is 5.55. The van der Waals surface area contributed by atoms with Gasteiger partial charge in [-0.05, 0) is 11.5 Å². The van der Waals surface area contributed by atoms with Crippen molar-refractivity contribution >= 4 is 5.78 Å². The zero-order valence-electron chi connectivity index (χ0n) is 10.4. The Balaban J connectivity index is 0. The predicted octanol–water partition coefficient (Wildman–Crippen LogP) is -1.10.